The maximum atomic E-state index is 12.5. The molecule has 2 aromatic rings. The zero-order valence-corrected chi connectivity index (χ0v) is 9.01. The molecule has 0 fully saturated rings. The third kappa shape index (κ3) is 2.14. The average Bonchev–Trinajstić information content (AvgIpc) is 2.63. The first kappa shape index (κ1) is 11.6. The molecule has 0 radical (unpaired) electrons. The van der Waals surface area contributed by atoms with Gasteiger partial charge in [-0.25, -0.2) is 8.78 Å². The predicted molar refractivity (Wildman–Crippen MR) is 57.1 cm³/mol. The van der Waals surface area contributed by atoms with Crippen molar-refractivity contribution in [3.05, 3.63) is 29.7 Å². The van der Waals surface area contributed by atoms with Crippen molar-refractivity contribution in [1.29, 1.82) is 0 Å². The maximum absolute atomic E-state index is 12.5. The first-order valence-electron chi connectivity index (χ1n) is 4.91. The minimum absolute atomic E-state index is 0.142. The average molecular weight is 212 g/mol. The lowest BCUT2D eigenvalue weighted by atomic mass is 10.2. The molecule has 2 aromatic heterocycles. The van der Waals surface area contributed by atoms with E-state index in [-0.39, 0.29) is 5.69 Å². The van der Waals surface area contributed by atoms with Crippen LogP contribution < -0.4 is 0 Å². The summed E-state index contributed by atoms with van der Waals surface area (Å²) in [5.74, 6) is 0. The molecule has 0 saturated carbocycles. The van der Waals surface area contributed by atoms with Gasteiger partial charge in [-0.3, -0.25) is 4.98 Å². The number of hydrogen-bond acceptors (Lipinski definition) is 1. The molecule has 82 valence electrons. The van der Waals surface area contributed by atoms with Crippen LogP contribution in [0.2, 0.25) is 0 Å². The Morgan fingerprint density at radius 2 is 2.00 bits per heavy atom. The van der Waals surface area contributed by atoms with E-state index in [9.17, 15) is 8.78 Å². The Hall–Kier alpha value is -1.45. The third-order valence-corrected chi connectivity index (χ3v) is 2.03. The number of alkyl halides is 2. The Bertz CT molecular complexity index is 435. The van der Waals surface area contributed by atoms with Gasteiger partial charge in [-0.2, -0.15) is 0 Å². The second kappa shape index (κ2) is 4.87. The van der Waals surface area contributed by atoms with Crippen molar-refractivity contribution >= 4 is 10.9 Å². The summed E-state index contributed by atoms with van der Waals surface area (Å²) in [5.41, 5.74) is 1.37. The smallest absolute Gasteiger partial charge is 0.281 e. The van der Waals surface area contributed by atoms with Crippen molar-refractivity contribution in [1.82, 2.24) is 9.97 Å². The highest BCUT2D eigenvalue weighted by Crippen LogP contribution is 2.27. The summed E-state index contributed by atoms with van der Waals surface area (Å²) in [6.07, 6.45) is 0.580. The Labute approximate surface area is 87.3 Å². The number of H-pyrrole nitrogens is 1. The van der Waals surface area contributed by atoms with E-state index in [0.29, 0.717) is 10.9 Å². The first-order valence-corrected chi connectivity index (χ1v) is 4.91. The molecular weight excluding hydrogens is 198 g/mol. The van der Waals surface area contributed by atoms with Gasteiger partial charge in [0, 0.05) is 23.3 Å². The summed E-state index contributed by atoms with van der Waals surface area (Å²) in [7, 11) is 0. The van der Waals surface area contributed by atoms with Crippen LogP contribution in [0.3, 0.4) is 0 Å². The van der Waals surface area contributed by atoms with Crippen molar-refractivity contribution in [3.8, 4) is 0 Å². The number of fused-ring (bicyclic) bond motifs is 1. The highest BCUT2D eigenvalue weighted by atomic mass is 19.3. The summed E-state index contributed by atoms with van der Waals surface area (Å²) in [4.78, 5) is 6.58. The molecule has 0 aliphatic carbocycles. The fraction of sp³-hybridized carbons (Fsp3) is 0.364. The molecule has 0 aliphatic rings. The number of pyridine rings is 1. The molecule has 0 aliphatic heterocycles. The predicted octanol–water partition coefficient (Wildman–Crippen LogP) is 3.84. The standard InChI is InChI=1S/C9H8F2N2.C2H6/c1-5-4-13-6-2-3-12-8(7(5)6)9(10)11;1-2/h2-4,9,13H,1H3;1-2H3. The summed E-state index contributed by atoms with van der Waals surface area (Å²) in [5, 5.41) is 0.539. The zero-order valence-electron chi connectivity index (χ0n) is 9.01. The van der Waals surface area contributed by atoms with E-state index in [0.717, 1.165) is 5.56 Å². The van der Waals surface area contributed by atoms with Gasteiger partial charge in [0.1, 0.15) is 5.69 Å². The van der Waals surface area contributed by atoms with E-state index in [4.69, 9.17) is 0 Å². The maximum Gasteiger partial charge on any atom is 0.281 e. The van der Waals surface area contributed by atoms with Gasteiger partial charge < -0.3 is 4.98 Å². The number of halogens is 2. The van der Waals surface area contributed by atoms with E-state index in [1.54, 1.807) is 19.2 Å². The number of nitrogens with zero attached hydrogens (tertiary/aromatic N) is 1. The summed E-state index contributed by atoms with van der Waals surface area (Å²) >= 11 is 0. The summed E-state index contributed by atoms with van der Waals surface area (Å²) in [6, 6.07) is 1.69. The Morgan fingerprint density at radius 3 is 2.60 bits per heavy atom. The number of hydrogen-bond donors (Lipinski definition) is 1. The van der Waals surface area contributed by atoms with Gasteiger partial charge in [-0.15, -0.1) is 0 Å². The molecule has 0 aromatic carbocycles. The fourth-order valence-corrected chi connectivity index (χ4v) is 1.44. The topological polar surface area (TPSA) is 28.7 Å². The van der Waals surface area contributed by atoms with Gasteiger partial charge in [0.05, 0.1) is 0 Å². The lowest BCUT2D eigenvalue weighted by Gasteiger charge is -2.00. The van der Waals surface area contributed by atoms with Gasteiger partial charge in [-0.1, -0.05) is 13.8 Å². The minimum atomic E-state index is -2.52. The molecule has 0 bridgehead atoms. The van der Waals surface area contributed by atoms with Gasteiger partial charge in [-0.05, 0) is 18.6 Å². The van der Waals surface area contributed by atoms with Crippen molar-refractivity contribution in [3.63, 3.8) is 0 Å². The number of nitrogens with one attached hydrogen (secondary N) is 1. The fourth-order valence-electron chi connectivity index (χ4n) is 1.44. The molecule has 1 N–H and O–H groups in total. The number of aromatic nitrogens is 2. The van der Waals surface area contributed by atoms with Crippen molar-refractivity contribution < 1.29 is 8.78 Å². The van der Waals surface area contributed by atoms with Crippen LogP contribution in [0.15, 0.2) is 18.5 Å². The first-order chi connectivity index (χ1) is 7.20. The molecule has 0 atom stereocenters. The molecule has 0 amide bonds. The normalized spacial score (nSPS) is 10.3. The van der Waals surface area contributed by atoms with E-state index >= 15 is 0 Å². The van der Waals surface area contributed by atoms with E-state index in [1.165, 1.54) is 6.20 Å². The molecule has 0 unspecified atom stereocenters. The highest BCUT2D eigenvalue weighted by molar-refractivity contribution is 5.85. The molecule has 0 saturated heterocycles. The van der Waals surface area contributed by atoms with Crippen molar-refractivity contribution in [2.24, 2.45) is 0 Å². The second-order valence-corrected chi connectivity index (χ2v) is 2.89. The van der Waals surface area contributed by atoms with Crippen LogP contribution >= 0.6 is 0 Å². The molecule has 2 heterocycles. The number of aryl methyl sites for hydroxylation is 1. The largest absolute Gasteiger partial charge is 0.361 e. The van der Waals surface area contributed by atoms with Crippen LogP contribution in [0.4, 0.5) is 8.78 Å². The highest BCUT2D eigenvalue weighted by Gasteiger charge is 2.14. The molecule has 2 rings (SSSR count). The lowest BCUT2D eigenvalue weighted by Crippen LogP contribution is -1.90. The Balaban J connectivity index is 0.000000531. The summed E-state index contributed by atoms with van der Waals surface area (Å²) < 4.78 is 25.0. The molecule has 2 nitrogen and oxygen atoms in total. The van der Waals surface area contributed by atoms with Crippen LogP contribution in [0.1, 0.15) is 31.5 Å². The Kier molecular flexibility index (Phi) is 3.77. The van der Waals surface area contributed by atoms with E-state index < -0.39 is 6.43 Å². The molecular formula is C11H14F2N2. The lowest BCUT2D eigenvalue weighted by molar-refractivity contribution is 0.148. The van der Waals surface area contributed by atoms with Crippen LogP contribution in [0.25, 0.3) is 10.9 Å². The van der Waals surface area contributed by atoms with Crippen molar-refractivity contribution in [2.75, 3.05) is 0 Å². The van der Waals surface area contributed by atoms with Gasteiger partial charge in [0.15, 0.2) is 0 Å². The quantitative estimate of drug-likeness (QED) is 0.764. The zero-order chi connectivity index (χ0) is 11.4. The summed E-state index contributed by atoms with van der Waals surface area (Å²) in [6.45, 7) is 5.78. The van der Waals surface area contributed by atoms with Gasteiger partial charge in [0.2, 0.25) is 0 Å². The van der Waals surface area contributed by atoms with Gasteiger partial charge in [0.25, 0.3) is 6.43 Å². The number of rotatable bonds is 1. The minimum Gasteiger partial charge on any atom is -0.361 e. The van der Waals surface area contributed by atoms with Crippen LogP contribution in [-0.4, -0.2) is 9.97 Å². The van der Waals surface area contributed by atoms with Gasteiger partial charge >= 0.3 is 0 Å². The second-order valence-electron chi connectivity index (χ2n) is 2.89. The van der Waals surface area contributed by atoms with Crippen LogP contribution in [-0.2, 0) is 0 Å². The Morgan fingerprint density at radius 1 is 1.33 bits per heavy atom. The molecule has 0 spiro atoms. The van der Waals surface area contributed by atoms with Crippen LogP contribution in [0.5, 0.6) is 0 Å². The third-order valence-electron chi connectivity index (χ3n) is 2.03. The van der Waals surface area contributed by atoms with E-state index in [1.807, 2.05) is 13.8 Å². The monoisotopic (exact) mass is 212 g/mol. The van der Waals surface area contributed by atoms with E-state index in [2.05, 4.69) is 9.97 Å². The van der Waals surface area contributed by atoms with Crippen molar-refractivity contribution in [2.45, 2.75) is 27.2 Å². The molecule has 4 heteroatoms. The van der Waals surface area contributed by atoms with Crippen LogP contribution in [0, 0.1) is 6.92 Å². The number of aromatic amines is 1. The molecule has 15 heavy (non-hydrogen) atoms. The SMILES string of the molecule is CC.Cc1c[nH]c2ccnc(C(F)F)c12.